The van der Waals surface area contributed by atoms with Crippen LogP contribution in [0.15, 0.2) is 52.0 Å². The molecule has 0 unspecified atom stereocenters. The van der Waals surface area contributed by atoms with Crippen LogP contribution in [0.5, 0.6) is 0 Å². The van der Waals surface area contributed by atoms with Crippen LogP contribution in [0.2, 0.25) is 0 Å². The average Bonchev–Trinajstić information content (AvgIpc) is 3.39. The van der Waals surface area contributed by atoms with Crippen molar-refractivity contribution in [1.82, 2.24) is 14.8 Å². The van der Waals surface area contributed by atoms with Crippen molar-refractivity contribution in [2.24, 2.45) is 0 Å². The maximum Gasteiger partial charge on any atom is 0.262 e. The van der Waals surface area contributed by atoms with Crippen LogP contribution in [0, 0.1) is 11.3 Å². The van der Waals surface area contributed by atoms with Gasteiger partial charge in [-0.05, 0) is 49.6 Å². The monoisotopic (exact) mass is 498 g/mol. The molecule has 2 aromatic heterocycles. The largest absolute Gasteiger partial charge is 0.347 e. The van der Waals surface area contributed by atoms with Gasteiger partial charge >= 0.3 is 0 Å². The number of carbonyl (C=O) groups excluding carboxylic acids is 2. The van der Waals surface area contributed by atoms with Crippen LogP contribution in [-0.4, -0.2) is 34.4 Å². The molecule has 0 spiro atoms. The number of carbonyl (C=O) groups is 2. The number of amides is 2. The van der Waals surface area contributed by atoms with Gasteiger partial charge < -0.3 is 14.8 Å². The Hall–Kier alpha value is -2.89. The quantitative estimate of drug-likeness (QED) is 0.365. The van der Waals surface area contributed by atoms with E-state index in [2.05, 4.69) is 21.2 Å². The first-order valence-electron chi connectivity index (χ1n) is 9.95. The summed E-state index contributed by atoms with van der Waals surface area (Å²) in [5.74, 6) is -0.402. The molecule has 0 fully saturated rings. The molecule has 1 aromatic carbocycles. The van der Waals surface area contributed by atoms with Gasteiger partial charge in [0.1, 0.15) is 18.2 Å². The second kappa shape index (κ2) is 10.4. The number of hydrogen-bond acceptors (Lipinski definition) is 4. The van der Waals surface area contributed by atoms with Crippen LogP contribution >= 0.6 is 27.3 Å². The Morgan fingerprint density at radius 3 is 2.71 bits per heavy atom. The first-order valence-corrected chi connectivity index (χ1v) is 11.6. The van der Waals surface area contributed by atoms with Gasteiger partial charge in [0, 0.05) is 45.1 Å². The SMILES string of the molecule is CCN(CC)C(=O)Cn1cc(/C=C(\C#N)C(=O)NCc2cccs2)c2cc(Br)ccc21. The van der Waals surface area contributed by atoms with E-state index in [1.807, 2.05) is 66.4 Å². The van der Waals surface area contributed by atoms with Crippen molar-refractivity contribution in [3.63, 3.8) is 0 Å². The molecule has 0 radical (unpaired) electrons. The number of nitrogens with zero attached hydrogens (tertiary/aromatic N) is 3. The van der Waals surface area contributed by atoms with Gasteiger partial charge in [0.15, 0.2) is 0 Å². The summed E-state index contributed by atoms with van der Waals surface area (Å²) < 4.78 is 2.75. The van der Waals surface area contributed by atoms with Gasteiger partial charge in [-0.15, -0.1) is 11.3 Å². The minimum absolute atomic E-state index is 0.0191. The maximum absolute atomic E-state index is 12.6. The van der Waals surface area contributed by atoms with Crippen molar-refractivity contribution in [2.45, 2.75) is 26.9 Å². The summed E-state index contributed by atoms with van der Waals surface area (Å²) in [5, 5.41) is 15.2. The van der Waals surface area contributed by atoms with Crippen LogP contribution in [0.1, 0.15) is 24.3 Å². The standard InChI is InChI=1S/C23H23BrN4O2S/c1-3-27(4-2)22(29)15-28-14-17(20-11-18(24)7-8-21(20)28)10-16(12-25)23(30)26-13-19-6-5-9-31-19/h5-11,14H,3-4,13,15H2,1-2H3,(H,26,30)/b16-10+. The fraction of sp³-hybridized carbons (Fsp3) is 0.261. The normalized spacial score (nSPS) is 11.4. The van der Waals surface area contributed by atoms with Gasteiger partial charge in [-0.2, -0.15) is 5.26 Å². The van der Waals surface area contributed by atoms with Crippen molar-refractivity contribution < 1.29 is 9.59 Å². The summed E-state index contributed by atoms with van der Waals surface area (Å²) in [6.45, 7) is 5.77. The zero-order chi connectivity index (χ0) is 22.4. The third kappa shape index (κ3) is 5.43. The number of halogens is 1. The molecule has 31 heavy (non-hydrogen) atoms. The van der Waals surface area contributed by atoms with Gasteiger partial charge in [-0.25, -0.2) is 0 Å². The van der Waals surface area contributed by atoms with E-state index in [0.717, 1.165) is 20.3 Å². The lowest BCUT2D eigenvalue weighted by Crippen LogP contribution is -2.33. The minimum Gasteiger partial charge on any atom is -0.347 e. The Morgan fingerprint density at radius 1 is 1.29 bits per heavy atom. The minimum atomic E-state index is -0.425. The second-order valence-corrected chi connectivity index (χ2v) is 8.82. The lowest BCUT2D eigenvalue weighted by atomic mass is 10.1. The lowest BCUT2D eigenvalue weighted by molar-refractivity contribution is -0.131. The highest BCUT2D eigenvalue weighted by atomic mass is 79.9. The molecule has 0 aliphatic carbocycles. The van der Waals surface area contributed by atoms with Gasteiger partial charge in [-0.3, -0.25) is 9.59 Å². The molecular weight excluding hydrogens is 476 g/mol. The fourth-order valence-corrected chi connectivity index (χ4v) is 4.35. The molecule has 8 heteroatoms. The summed E-state index contributed by atoms with van der Waals surface area (Å²) in [4.78, 5) is 28.0. The first kappa shape index (κ1) is 22.8. The van der Waals surface area contributed by atoms with Crippen molar-refractivity contribution >= 4 is 56.1 Å². The van der Waals surface area contributed by atoms with E-state index in [9.17, 15) is 14.9 Å². The van der Waals surface area contributed by atoms with Gasteiger partial charge in [0.25, 0.3) is 5.91 Å². The van der Waals surface area contributed by atoms with Gasteiger partial charge in [0.05, 0.1) is 6.54 Å². The van der Waals surface area contributed by atoms with Crippen molar-refractivity contribution in [3.8, 4) is 6.07 Å². The predicted molar refractivity (Wildman–Crippen MR) is 127 cm³/mol. The Balaban J connectivity index is 1.92. The van der Waals surface area contributed by atoms with E-state index in [0.29, 0.717) is 25.2 Å². The summed E-state index contributed by atoms with van der Waals surface area (Å²) >= 11 is 5.03. The smallest absolute Gasteiger partial charge is 0.262 e. The summed E-state index contributed by atoms with van der Waals surface area (Å²) in [6.07, 6.45) is 3.40. The molecule has 0 aliphatic heterocycles. The molecule has 2 amide bonds. The third-order valence-electron chi connectivity index (χ3n) is 4.96. The summed E-state index contributed by atoms with van der Waals surface area (Å²) in [5.41, 5.74) is 1.60. The first-order chi connectivity index (χ1) is 15.0. The number of likely N-dealkylation sites (N-methyl/N-ethyl adjacent to an activating group) is 1. The Bertz CT molecular complexity index is 1150. The number of benzene rings is 1. The van der Waals surface area contributed by atoms with E-state index in [1.54, 1.807) is 22.3 Å². The van der Waals surface area contributed by atoms with Crippen LogP contribution in [0.4, 0.5) is 0 Å². The predicted octanol–water partition coefficient (Wildman–Crippen LogP) is 4.56. The zero-order valence-corrected chi connectivity index (χ0v) is 19.8. The lowest BCUT2D eigenvalue weighted by Gasteiger charge is -2.19. The third-order valence-corrected chi connectivity index (χ3v) is 6.33. The number of nitriles is 1. The Morgan fingerprint density at radius 2 is 2.06 bits per heavy atom. The summed E-state index contributed by atoms with van der Waals surface area (Å²) in [7, 11) is 0. The van der Waals surface area contributed by atoms with Gasteiger partial charge in [0.2, 0.25) is 5.91 Å². The molecular formula is C23H23BrN4O2S. The highest BCUT2D eigenvalue weighted by molar-refractivity contribution is 9.10. The number of aromatic nitrogens is 1. The molecule has 160 valence electrons. The topological polar surface area (TPSA) is 78.1 Å². The molecule has 0 atom stereocenters. The molecule has 1 N–H and O–H groups in total. The number of thiophene rings is 1. The molecule has 2 heterocycles. The van der Waals surface area contributed by atoms with Crippen molar-refractivity contribution in [1.29, 1.82) is 5.26 Å². The van der Waals surface area contributed by atoms with Crippen LogP contribution < -0.4 is 5.32 Å². The molecule has 0 saturated carbocycles. The highest BCUT2D eigenvalue weighted by Crippen LogP contribution is 2.27. The Kier molecular flexibility index (Phi) is 7.66. The highest BCUT2D eigenvalue weighted by Gasteiger charge is 2.16. The van der Waals surface area contributed by atoms with E-state index in [4.69, 9.17) is 0 Å². The van der Waals surface area contributed by atoms with E-state index < -0.39 is 5.91 Å². The van der Waals surface area contributed by atoms with E-state index in [-0.39, 0.29) is 18.0 Å². The molecule has 0 aliphatic rings. The van der Waals surface area contributed by atoms with Gasteiger partial charge in [-0.1, -0.05) is 22.0 Å². The fourth-order valence-electron chi connectivity index (χ4n) is 3.34. The summed E-state index contributed by atoms with van der Waals surface area (Å²) in [6, 6.07) is 11.6. The van der Waals surface area contributed by atoms with Crippen molar-refractivity contribution in [3.05, 3.63) is 62.4 Å². The number of nitrogens with one attached hydrogen (secondary N) is 1. The van der Waals surface area contributed by atoms with Crippen molar-refractivity contribution in [2.75, 3.05) is 13.1 Å². The number of rotatable bonds is 8. The Labute approximate surface area is 193 Å². The number of fused-ring (bicyclic) bond motifs is 1. The average molecular weight is 499 g/mol. The molecule has 3 aromatic rings. The second-order valence-electron chi connectivity index (χ2n) is 6.87. The van der Waals surface area contributed by atoms with Crippen LogP contribution in [0.25, 0.3) is 17.0 Å². The van der Waals surface area contributed by atoms with E-state index >= 15 is 0 Å². The number of hydrogen-bond donors (Lipinski definition) is 1. The van der Waals surface area contributed by atoms with E-state index in [1.165, 1.54) is 0 Å². The maximum atomic E-state index is 12.6. The molecule has 0 bridgehead atoms. The molecule has 6 nitrogen and oxygen atoms in total. The van der Waals surface area contributed by atoms with Crippen LogP contribution in [-0.2, 0) is 22.7 Å². The molecule has 3 rings (SSSR count). The van der Waals surface area contributed by atoms with Crippen LogP contribution in [0.3, 0.4) is 0 Å². The zero-order valence-electron chi connectivity index (χ0n) is 17.4. The molecule has 0 saturated heterocycles.